The molecule has 2 rings (SSSR count). The van der Waals surface area contributed by atoms with E-state index in [0.717, 1.165) is 17.5 Å². The largest absolute Gasteiger partial charge is 0.461 e. The number of carbonyl (C=O) groups excluding carboxylic acids is 4. The van der Waals surface area contributed by atoms with E-state index in [0.29, 0.717) is 6.42 Å². The fraction of sp³-hybridized carbons (Fsp3) is 0.400. The highest BCUT2D eigenvalue weighted by Gasteiger charge is 2.29. The molecule has 0 unspecified atom stereocenters. The van der Waals surface area contributed by atoms with Crippen LogP contribution in [-0.4, -0.2) is 55.8 Å². The van der Waals surface area contributed by atoms with Gasteiger partial charge >= 0.3 is 18.0 Å². The maximum Gasteiger partial charge on any atom is 0.407 e. The van der Waals surface area contributed by atoms with Gasteiger partial charge in [0.1, 0.15) is 31.9 Å². The number of benzene rings is 2. The Hall–Kier alpha value is -4.36. The number of hydrogen-bond acceptors (Lipinski definition) is 8. The number of ether oxygens (including phenoxy) is 4. The Kier molecular flexibility index (Phi) is 15.0. The van der Waals surface area contributed by atoms with E-state index in [2.05, 4.69) is 16.6 Å². The normalized spacial score (nSPS) is 11.8. The van der Waals surface area contributed by atoms with Gasteiger partial charge in [-0.05, 0) is 24.0 Å². The third kappa shape index (κ3) is 12.9. The van der Waals surface area contributed by atoms with Crippen LogP contribution in [0.3, 0.4) is 0 Å². The zero-order valence-electron chi connectivity index (χ0n) is 22.6. The SMILES string of the molecule is C#CCOC[C@H](NC(=O)OCCCC)C(=O)N[C@H](CCC(=O)OCc1ccccc1)C(=O)OCc1ccccc1. The van der Waals surface area contributed by atoms with Crippen molar-refractivity contribution in [1.82, 2.24) is 10.6 Å². The molecule has 2 atom stereocenters. The molecular formula is C30H36N2O8. The Morgan fingerprint density at radius 3 is 2.08 bits per heavy atom. The van der Waals surface area contributed by atoms with Crippen LogP contribution in [0.25, 0.3) is 0 Å². The molecule has 0 bridgehead atoms. The van der Waals surface area contributed by atoms with Crippen molar-refractivity contribution in [2.45, 2.75) is 57.9 Å². The number of alkyl carbamates (subject to hydrolysis) is 1. The van der Waals surface area contributed by atoms with Crippen LogP contribution in [-0.2, 0) is 46.5 Å². The molecule has 10 heteroatoms. The van der Waals surface area contributed by atoms with Crippen molar-refractivity contribution in [3.05, 3.63) is 71.8 Å². The minimum Gasteiger partial charge on any atom is -0.461 e. The summed E-state index contributed by atoms with van der Waals surface area (Å²) in [5, 5.41) is 4.99. The molecule has 2 aromatic carbocycles. The highest BCUT2D eigenvalue weighted by atomic mass is 16.6. The highest BCUT2D eigenvalue weighted by molar-refractivity contribution is 5.90. The van der Waals surface area contributed by atoms with Gasteiger partial charge in [-0.1, -0.05) is 79.9 Å². The molecule has 0 aliphatic heterocycles. The number of nitrogens with one attached hydrogen (secondary N) is 2. The van der Waals surface area contributed by atoms with Crippen molar-refractivity contribution in [2.24, 2.45) is 0 Å². The summed E-state index contributed by atoms with van der Waals surface area (Å²) in [7, 11) is 0. The predicted molar refractivity (Wildman–Crippen MR) is 146 cm³/mol. The first-order valence-electron chi connectivity index (χ1n) is 13.1. The fourth-order valence-corrected chi connectivity index (χ4v) is 3.33. The smallest absolute Gasteiger partial charge is 0.407 e. The van der Waals surface area contributed by atoms with Gasteiger partial charge < -0.3 is 29.6 Å². The van der Waals surface area contributed by atoms with Crippen LogP contribution in [0.15, 0.2) is 60.7 Å². The molecule has 0 radical (unpaired) electrons. The fourth-order valence-electron chi connectivity index (χ4n) is 3.33. The van der Waals surface area contributed by atoms with E-state index in [9.17, 15) is 19.2 Å². The van der Waals surface area contributed by atoms with Crippen LogP contribution in [0.2, 0.25) is 0 Å². The first-order chi connectivity index (χ1) is 19.4. The minimum absolute atomic E-state index is 0.0266. The van der Waals surface area contributed by atoms with E-state index in [1.807, 2.05) is 43.3 Å². The molecule has 10 nitrogen and oxygen atoms in total. The lowest BCUT2D eigenvalue weighted by atomic mass is 10.1. The predicted octanol–water partition coefficient (Wildman–Crippen LogP) is 3.28. The van der Waals surface area contributed by atoms with Crippen LogP contribution in [0.4, 0.5) is 4.79 Å². The van der Waals surface area contributed by atoms with E-state index in [1.165, 1.54) is 0 Å². The Bertz CT molecular complexity index is 1100. The zero-order valence-corrected chi connectivity index (χ0v) is 22.6. The van der Waals surface area contributed by atoms with Crippen molar-refractivity contribution in [2.75, 3.05) is 19.8 Å². The molecule has 2 aromatic rings. The maximum atomic E-state index is 13.1. The maximum absolute atomic E-state index is 13.1. The van der Waals surface area contributed by atoms with E-state index in [-0.39, 0.29) is 45.9 Å². The van der Waals surface area contributed by atoms with Gasteiger partial charge in [-0.25, -0.2) is 9.59 Å². The molecule has 0 spiro atoms. The van der Waals surface area contributed by atoms with Gasteiger partial charge in [0.2, 0.25) is 5.91 Å². The van der Waals surface area contributed by atoms with Crippen molar-refractivity contribution in [3.63, 3.8) is 0 Å². The second-order valence-electron chi connectivity index (χ2n) is 8.75. The Balaban J connectivity index is 2.04. The molecule has 214 valence electrons. The second kappa shape index (κ2) is 18.8. The average molecular weight is 553 g/mol. The van der Waals surface area contributed by atoms with Crippen molar-refractivity contribution < 1.29 is 38.1 Å². The number of unbranched alkanes of at least 4 members (excludes halogenated alkanes) is 1. The third-order valence-electron chi connectivity index (χ3n) is 5.51. The molecule has 0 aromatic heterocycles. The number of carbonyl (C=O) groups is 4. The Morgan fingerprint density at radius 1 is 0.850 bits per heavy atom. The van der Waals surface area contributed by atoms with Gasteiger partial charge in [-0.15, -0.1) is 6.42 Å². The molecule has 40 heavy (non-hydrogen) atoms. The standard InChI is InChI=1S/C30H36N2O8/c1-3-5-19-38-30(36)32-26(22-37-18-4-2)28(34)31-25(29(35)40-21-24-14-10-7-11-15-24)16-17-27(33)39-20-23-12-8-6-9-13-23/h2,6-15,25-26H,3,5,16-22H2,1H3,(H,31,34)(H,32,36)/t25-,26+/m1/s1. The number of terminal acetylenes is 1. The van der Waals surface area contributed by atoms with Gasteiger partial charge in [0.25, 0.3) is 0 Å². The summed E-state index contributed by atoms with van der Waals surface area (Å²) in [6, 6.07) is 15.7. The number of esters is 2. The second-order valence-corrected chi connectivity index (χ2v) is 8.75. The Morgan fingerprint density at radius 2 is 1.48 bits per heavy atom. The average Bonchev–Trinajstić information content (AvgIpc) is 2.97. The molecule has 0 fully saturated rings. The molecule has 0 saturated carbocycles. The summed E-state index contributed by atoms with van der Waals surface area (Å²) in [6.45, 7) is 1.83. The molecular weight excluding hydrogens is 516 g/mol. The molecule has 2 amide bonds. The van der Waals surface area contributed by atoms with Crippen LogP contribution in [0.5, 0.6) is 0 Å². The monoisotopic (exact) mass is 552 g/mol. The van der Waals surface area contributed by atoms with Gasteiger partial charge in [-0.2, -0.15) is 0 Å². The summed E-state index contributed by atoms with van der Waals surface area (Å²) in [5.41, 5.74) is 1.56. The zero-order chi connectivity index (χ0) is 29.0. The summed E-state index contributed by atoms with van der Waals surface area (Å²) >= 11 is 0. The molecule has 0 aliphatic rings. The lowest BCUT2D eigenvalue weighted by molar-refractivity contribution is -0.151. The molecule has 2 N–H and O–H groups in total. The lowest BCUT2D eigenvalue weighted by Gasteiger charge is -2.22. The van der Waals surface area contributed by atoms with Crippen LogP contribution >= 0.6 is 0 Å². The topological polar surface area (TPSA) is 129 Å². The van der Waals surface area contributed by atoms with E-state index in [1.54, 1.807) is 24.3 Å². The Labute approximate surface area is 234 Å². The van der Waals surface area contributed by atoms with Gasteiger partial charge in [0, 0.05) is 6.42 Å². The quantitative estimate of drug-likeness (QED) is 0.132. The van der Waals surface area contributed by atoms with Crippen molar-refractivity contribution in [1.29, 1.82) is 0 Å². The number of hydrogen-bond donors (Lipinski definition) is 2. The van der Waals surface area contributed by atoms with Gasteiger partial charge in [0.05, 0.1) is 13.2 Å². The number of amides is 2. The first-order valence-corrected chi connectivity index (χ1v) is 13.1. The van der Waals surface area contributed by atoms with Gasteiger partial charge in [-0.3, -0.25) is 9.59 Å². The summed E-state index contributed by atoms with van der Waals surface area (Å²) in [4.78, 5) is 50.6. The molecule has 0 saturated heterocycles. The third-order valence-corrected chi connectivity index (χ3v) is 5.51. The minimum atomic E-state index is -1.21. The van der Waals surface area contributed by atoms with E-state index in [4.69, 9.17) is 25.4 Å². The highest BCUT2D eigenvalue weighted by Crippen LogP contribution is 2.09. The van der Waals surface area contributed by atoms with Gasteiger partial charge in [0.15, 0.2) is 0 Å². The van der Waals surface area contributed by atoms with Crippen LogP contribution in [0, 0.1) is 12.3 Å². The summed E-state index contributed by atoms with van der Waals surface area (Å²) in [6.07, 6.45) is 5.63. The van der Waals surface area contributed by atoms with Crippen LogP contribution in [0.1, 0.15) is 43.7 Å². The molecule has 0 aliphatic carbocycles. The van der Waals surface area contributed by atoms with Crippen molar-refractivity contribution in [3.8, 4) is 12.3 Å². The van der Waals surface area contributed by atoms with Crippen LogP contribution < -0.4 is 10.6 Å². The van der Waals surface area contributed by atoms with E-state index < -0.39 is 36.0 Å². The summed E-state index contributed by atoms with van der Waals surface area (Å²) in [5.74, 6) is 0.250. The number of rotatable bonds is 17. The first kappa shape index (κ1) is 31.9. The summed E-state index contributed by atoms with van der Waals surface area (Å²) < 4.78 is 21.0. The van der Waals surface area contributed by atoms with Crippen molar-refractivity contribution >= 4 is 23.9 Å². The van der Waals surface area contributed by atoms with E-state index >= 15 is 0 Å². The molecule has 0 heterocycles. The lowest BCUT2D eigenvalue weighted by Crippen LogP contribution is -2.54.